The molecule has 0 saturated carbocycles. The molecule has 0 unspecified atom stereocenters. The van der Waals surface area contributed by atoms with E-state index in [-0.39, 0.29) is 24.3 Å². The number of nitrogens with zero attached hydrogens (tertiary/aromatic N) is 4. The zero-order valence-electron chi connectivity index (χ0n) is 15.4. The second-order valence-corrected chi connectivity index (χ2v) is 7.20. The molecule has 0 aliphatic carbocycles. The van der Waals surface area contributed by atoms with E-state index in [1.807, 2.05) is 32.4 Å². The fraction of sp³-hybridized carbons (Fsp3) is 0.250. The van der Waals surface area contributed by atoms with Gasteiger partial charge in [-0.15, -0.1) is 0 Å². The summed E-state index contributed by atoms with van der Waals surface area (Å²) in [5.74, 6) is -0.750. The molecule has 0 saturated heterocycles. The van der Waals surface area contributed by atoms with Gasteiger partial charge in [0.15, 0.2) is 0 Å². The lowest BCUT2D eigenvalue weighted by atomic mass is 9.86. The van der Waals surface area contributed by atoms with Crippen molar-refractivity contribution in [2.24, 2.45) is 14.1 Å². The van der Waals surface area contributed by atoms with E-state index in [2.05, 4.69) is 27.2 Å². The van der Waals surface area contributed by atoms with Crippen LogP contribution in [-0.4, -0.2) is 37.6 Å². The van der Waals surface area contributed by atoms with Gasteiger partial charge in [-0.2, -0.15) is 5.10 Å². The lowest BCUT2D eigenvalue weighted by Crippen LogP contribution is -2.33. The molecule has 27 heavy (non-hydrogen) atoms. The fourth-order valence-electron chi connectivity index (χ4n) is 4.31. The summed E-state index contributed by atoms with van der Waals surface area (Å²) in [5, 5.41) is 8.86. The van der Waals surface area contributed by atoms with Gasteiger partial charge in [0.05, 0.1) is 23.8 Å². The molecule has 5 rings (SSSR count). The molecular formula is C20H19N5O2. The van der Waals surface area contributed by atoms with Crippen LogP contribution in [0.1, 0.15) is 24.0 Å². The number of aromatic nitrogens is 3. The van der Waals surface area contributed by atoms with E-state index < -0.39 is 0 Å². The molecule has 1 N–H and O–H groups in total. The van der Waals surface area contributed by atoms with Crippen molar-refractivity contribution < 1.29 is 9.59 Å². The Hall–Kier alpha value is -3.35. The molecule has 7 nitrogen and oxygen atoms in total. The van der Waals surface area contributed by atoms with Gasteiger partial charge < -0.3 is 9.88 Å². The van der Waals surface area contributed by atoms with E-state index in [4.69, 9.17) is 0 Å². The van der Waals surface area contributed by atoms with Crippen LogP contribution in [0.15, 0.2) is 48.1 Å². The van der Waals surface area contributed by atoms with Crippen molar-refractivity contribution in [2.45, 2.75) is 12.8 Å². The first-order valence-electron chi connectivity index (χ1n) is 8.84. The summed E-state index contributed by atoms with van der Waals surface area (Å²) in [6.45, 7) is 1.70. The van der Waals surface area contributed by atoms with Crippen LogP contribution in [0.4, 0.5) is 5.69 Å². The van der Waals surface area contributed by atoms with Crippen LogP contribution in [0, 0.1) is 0 Å². The molecule has 7 heteroatoms. The number of amides is 2. The minimum absolute atomic E-state index is 0.233. The first-order valence-corrected chi connectivity index (χ1v) is 8.84. The number of aryl methyl sites for hydroxylation is 2. The van der Waals surface area contributed by atoms with Crippen LogP contribution < -0.4 is 5.32 Å². The summed E-state index contributed by atoms with van der Waals surface area (Å²) in [5.41, 5.74) is 5.46. The molecule has 1 atom stereocenters. The molecule has 2 amide bonds. The Bertz CT molecular complexity index is 1170. The summed E-state index contributed by atoms with van der Waals surface area (Å²) in [4.78, 5) is 26.5. The van der Waals surface area contributed by atoms with Crippen molar-refractivity contribution in [1.29, 1.82) is 0 Å². The predicted molar refractivity (Wildman–Crippen MR) is 101 cm³/mol. The van der Waals surface area contributed by atoms with Crippen molar-refractivity contribution in [3.8, 4) is 0 Å². The average molecular weight is 361 g/mol. The lowest BCUT2D eigenvalue weighted by molar-refractivity contribution is -0.139. The monoisotopic (exact) mass is 361 g/mol. The summed E-state index contributed by atoms with van der Waals surface area (Å²) in [6.07, 6.45) is 5.81. The van der Waals surface area contributed by atoms with E-state index in [1.54, 1.807) is 10.9 Å². The number of rotatable bonds is 1. The second kappa shape index (κ2) is 5.33. The highest BCUT2D eigenvalue weighted by molar-refractivity contribution is 6.11. The number of anilines is 1. The molecular weight excluding hydrogens is 342 g/mol. The van der Waals surface area contributed by atoms with Gasteiger partial charge in [-0.1, -0.05) is 6.07 Å². The van der Waals surface area contributed by atoms with Gasteiger partial charge in [-0.3, -0.25) is 19.2 Å². The third-order valence-corrected chi connectivity index (χ3v) is 5.48. The van der Waals surface area contributed by atoms with Crippen molar-refractivity contribution >= 4 is 28.4 Å². The van der Waals surface area contributed by atoms with Gasteiger partial charge in [0.2, 0.25) is 5.91 Å². The number of hydrogen-bond donors (Lipinski definition) is 1. The van der Waals surface area contributed by atoms with Crippen molar-refractivity contribution in [2.75, 3.05) is 11.9 Å². The minimum Gasteiger partial charge on any atom is -0.356 e. The fourth-order valence-corrected chi connectivity index (χ4v) is 4.31. The van der Waals surface area contributed by atoms with Crippen LogP contribution in [0.2, 0.25) is 0 Å². The van der Waals surface area contributed by atoms with Crippen LogP contribution in [-0.2, 0) is 23.7 Å². The van der Waals surface area contributed by atoms with Crippen LogP contribution in [0.5, 0.6) is 0 Å². The molecule has 0 fully saturated rings. The Morgan fingerprint density at radius 3 is 2.78 bits per heavy atom. The number of benzene rings is 1. The Labute approximate surface area is 155 Å². The molecule has 2 aromatic heterocycles. The first-order chi connectivity index (χ1) is 13.0. The maximum Gasteiger partial charge on any atom is 0.259 e. The highest BCUT2D eigenvalue weighted by Crippen LogP contribution is 2.46. The Morgan fingerprint density at radius 2 is 2.07 bits per heavy atom. The average Bonchev–Trinajstić information content (AvgIpc) is 3.26. The van der Waals surface area contributed by atoms with E-state index >= 15 is 0 Å². The normalized spacial score (nSPS) is 18.7. The SMILES string of the molecule is CC(=O)N1CC2=C(C1=O)[C@H](c1cnn(C)c1)c1cn(C)c3cccc(c13)N2. The quantitative estimate of drug-likeness (QED) is 0.721. The largest absolute Gasteiger partial charge is 0.356 e. The Kier molecular flexibility index (Phi) is 3.13. The molecule has 0 spiro atoms. The smallest absolute Gasteiger partial charge is 0.259 e. The summed E-state index contributed by atoms with van der Waals surface area (Å²) in [6, 6.07) is 6.09. The molecule has 2 aliphatic rings. The van der Waals surface area contributed by atoms with E-state index in [1.165, 1.54) is 11.8 Å². The molecule has 136 valence electrons. The lowest BCUT2D eigenvalue weighted by Gasteiger charge is -2.17. The van der Waals surface area contributed by atoms with Gasteiger partial charge >= 0.3 is 0 Å². The zero-order valence-corrected chi connectivity index (χ0v) is 15.4. The standard InChI is InChI=1S/C20H19N5O2/c1-11(26)25-10-15-19(20(25)27)17(12-7-21-24(3)8-12)13-9-23(2)16-6-4-5-14(22-15)18(13)16/h4-9,17,22H,10H2,1-3H3/t17-/m1/s1. The van der Waals surface area contributed by atoms with Gasteiger partial charge in [-0.05, 0) is 17.7 Å². The molecule has 2 aliphatic heterocycles. The maximum absolute atomic E-state index is 13.2. The Morgan fingerprint density at radius 1 is 1.26 bits per heavy atom. The van der Waals surface area contributed by atoms with E-state index in [9.17, 15) is 9.59 Å². The van der Waals surface area contributed by atoms with Gasteiger partial charge in [0, 0.05) is 61.7 Å². The van der Waals surface area contributed by atoms with Crippen molar-refractivity contribution in [1.82, 2.24) is 19.2 Å². The van der Waals surface area contributed by atoms with Gasteiger partial charge in [0.1, 0.15) is 0 Å². The van der Waals surface area contributed by atoms with Crippen LogP contribution in [0.25, 0.3) is 10.9 Å². The van der Waals surface area contributed by atoms with Crippen molar-refractivity contribution in [3.63, 3.8) is 0 Å². The molecule has 1 aromatic carbocycles. The third kappa shape index (κ3) is 2.11. The van der Waals surface area contributed by atoms with E-state index in [0.717, 1.165) is 33.4 Å². The number of nitrogens with one attached hydrogen (secondary N) is 1. The zero-order chi connectivity index (χ0) is 18.9. The minimum atomic E-state index is -0.273. The predicted octanol–water partition coefficient (Wildman–Crippen LogP) is 2.11. The molecule has 0 radical (unpaired) electrons. The molecule has 0 bridgehead atoms. The highest BCUT2D eigenvalue weighted by Gasteiger charge is 2.41. The summed E-state index contributed by atoms with van der Waals surface area (Å²) in [7, 11) is 3.87. The topological polar surface area (TPSA) is 72.2 Å². The van der Waals surface area contributed by atoms with E-state index in [0.29, 0.717) is 5.57 Å². The Balaban J connectivity index is 1.82. The first kappa shape index (κ1) is 15.9. The molecule has 3 aromatic rings. The summed E-state index contributed by atoms with van der Waals surface area (Å²) < 4.78 is 3.81. The second-order valence-electron chi connectivity index (χ2n) is 7.20. The number of hydrogen-bond acceptors (Lipinski definition) is 4. The molecule has 4 heterocycles. The van der Waals surface area contributed by atoms with Crippen LogP contribution >= 0.6 is 0 Å². The number of carbonyl (C=O) groups is 2. The third-order valence-electron chi connectivity index (χ3n) is 5.48. The van der Waals surface area contributed by atoms with Crippen LogP contribution in [0.3, 0.4) is 0 Å². The van der Waals surface area contributed by atoms with Gasteiger partial charge in [0.25, 0.3) is 5.91 Å². The summed E-state index contributed by atoms with van der Waals surface area (Å²) >= 11 is 0. The number of imide groups is 1. The van der Waals surface area contributed by atoms with Gasteiger partial charge in [-0.25, -0.2) is 0 Å². The van der Waals surface area contributed by atoms with Crippen molar-refractivity contribution in [3.05, 3.63) is 59.2 Å². The maximum atomic E-state index is 13.2. The highest BCUT2D eigenvalue weighted by atomic mass is 16.2. The number of carbonyl (C=O) groups excluding carboxylic acids is 2.